The summed E-state index contributed by atoms with van der Waals surface area (Å²) in [6.07, 6.45) is 0.860. The molecule has 0 N–H and O–H groups in total. The van der Waals surface area contributed by atoms with Gasteiger partial charge in [-0.1, -0.05) is 11.6 Å². The molecule has 2 rings (SSSR count). The molecule has 106 valence electrons. The van der Waals surface area contributed by atoms with Crippen LogP contribution in [0.4, 0.5) is 0 Å². The third-order valence-electron chi connectivity index (χ3n) is 3.18. The van der Waals surface area contributed by atoms with Gasteiger partial charge >= 0.3 is 0 Å². The van der Waals surface area contributed by atoms with Gasteiger partial charge in [0.2, 0.25) is 0 Å². The van der Waals surface area contributed by atoms with Crippen LogP contribution in [0.15, 0.2) is 23.1 Å². The van der Waals surface area contributed by atoms with Crippen LogP contribution in [0.25, 0.3) is 0 Å². The van der Waals surface area contributed by atoms with Crippen molar-refractivity contribution in [2.45, 2.75) is 24.2 Å². The van der Waals surface area contributed by atoms with Crippen LogP contribution in [-0.4, -0.2) is 25.8 Å². The molecule has 1 aliphatic carbocycles. The summed E-state index contributed by atoms with van der Waals surface area (Å²) in [5.41, 5.74) is 0.000802. The van der Waals surface area contributed by atoms with Gasteiger partial charge in [0.25, 0.3) is 0 Å². The Morgan fingerprint density at radius 3 is 2.25 bits per heavy atom. The largest absolute Gasteiger partial charge is 0.298 e. The van der Waals surface area contributed by atoms with Crippen LogP contribution in [0.2, 0.25) is 5.02 Å². The van der Waals surface area contributed by atoms with Crippen LogP contribution >= 0.6 is 11.6 Å². The Labute approximate surface area is 121 Å². The fraction of sp³-hybridized carbons (Fsp3) is 0.308. The number of hydrogen-bond acceptors (Lipinski definition) is 5. The first-order valence-corrected chi connectivity index (χ1v) is 7.51. The predicted molar refractivity (Wildman–Crippen MR) is 71.7 cm³/mol. The van der Waals surface area contributed by atoms with E-state index in [4.69, 9.17) is 11.6 Å². The van der Waals surface area contributed by atoms with Gasteiger partial charge in [0.1, 0.15) is 5.92 Å². The van der Waals surface area contributed by atoms with Crippen LogP contribution in [-0.2, 0) is 20.3 Å². The van der Waals surface area contributed by atoms with E-state index in [9.17, 15) is 22.8 Å². The van der Waals surface area contributed by atoms with Crippen LogP contribution in [0, 0.1) is 5.92 Å². The van der Waals surface area contributed by atoms with Crippen molar-refractivity contribution in [2.75, 3.05) is 0 Å². The third kappa shape index (κ3) is 2.81. The normalized spacial score (nSPS) is 16.7. The number of rotatable bonds is 3. The zero-order valence-electron chi connectivity index (χ0n) is 10.3. The smallest absolute Gasteiger partial charge is 0.182 e. The van der Waals surface area contributed by atoms with Crippen LogP contribution in [0.3, 0.4) is 0 Å². The minimum atomic E-state index is -2.81. The van der Waals surface area contributed by atoms with Gasteiger partial charge in [0.15, 0.2) is 28.1 Å². The van der Waals surface area contributed by atoms with Crippen molar-refractivity contribution < 1.29 is 22.8 Å². The van der Waals surface area contributed by atoms with Crippen molar-refractivity contribution in [3.8, 4) is 0 Å². The van der Waals surface area contributed by atoms with E-state index in [1.807, 2.05) is 0 Å². The van der Waals surface area contributed by atoms with E-state index in [0.717, 1.165) is 6.07 Å². The van der Waals surface area contributed by atoms with Crippen molar-refractivity contribution in [3.63, 3.8) is 0 Å². The van der Waals surface area contributed by atoms with Crippen molar-refractivity contribution in [2.24, 2.45) is 5.92 Å². The minimum Gasteiger partial charge on any atom is -0.298 e. The minimum absolute atomic E-state index is 0.000802. The zero-order valence-corrected chi connectivity index (χ0v) is 11.9. The predicted octanol–water partition coefficient (Wildman–Crippen LogP) is 1.43. The molecular formula is C13H11ClO5S. The van der Waals surface area contributed by atoms with Gasteiger partial charge in [-0.05, 0) is 24.6 Å². The number of halogens is 1. The van der Waals surface area contributed by atoms with Crippen LogP contribution in [0.1, 0.15) is 29.6 Å². The van der Waals surface area contributed by atoms with Crippen LogP contribution in [0.5, 0.6) is 0 Å². The molecule has 0 aliphatic heterocycles. The van der Waals surface area contributed by atoms with Gasteiger partial charge in [-0.25, -0.2) is 8.42 Å². The molecule has 20 heavy (non-hydrogen) atoms. The number of Topliss-reactive ketones (excluding diaryl/α,β-unsaturated/α-hetero) is 3. The lowest BCUT2D eigenvalue weighted by molar-refractivity contribution is -0.133. The Morgan fingerprint density at radius 2 is 1.75 bits per heavy atom. The van der Waals surface area contributed by atoms with Gasteiger partial charge in [-0.2, -0.15) is 0 Å². The van der Waals surface area contributed by atoms with Gasteiger partial charge in [0, 0.05) is 18.4 Å². The van der Waals surface area contributed by atoms with Crippen molar-refractivity contribution in [1.29, 1.82) is 0 Å². The maximum absolute atomic E-state index is 12.2. The summed E-state index contributed by atoms with van der Waals surface area (Å²) in [4.78, 5) is 35.7. The molecule has 1 saturated carbocycles. The Kier molecular flexibility index (Phi) is 4.35. The molecule has 0 spiro atoms. The molecule has 0 atom stereocenters. The molecule has 1 fully saturated rings. The van der Waals surface area contributed by atoms with Crippen molar-refractivity contribution >= 4 is 39.7 Å². The third-order valence-corrected chi connectivity index (χ3v) is 4.19. The molecule has 0 aromatic heterocycles. The number of thiol groups is 1. The van der Waals surface area contributed by atoms with Gasteiger partial charge in [-0.15, -0.1) is 0 Å². The summed E-state index contributed by atoms with van der Waals surface area (Å²) in [6.45, 7) is 0. The quantitative estimate of drug-likeness (QED) is 0.518. The highest BCUT2D eigenvalue weighted by Crippen LogP contribution is 2.26. The van der Waals surface area contributed by atoms with E-state index < -0.39 is 34.0 Å². The summed E-state index contributed by atoms with van der Waals surface area (Å²) in [6, 6.07) is 3.60. The summed E-state index contributed by atoms with van der Waals surface area (Å²) >= 11 is 5.87. The second-order valence-corrected chi connectivity index (χ2v) is 5.94. The Balaban J connectivity index is 2.38. The fourth-order valence-corrected chi connectivity index (χ4v) is 2.95. The fourth-order valence-electron chi connectivity index (χ4n) is 2.17. The molecule has 1 aromatic rings. The maximum Gasteiger partial charge on any atom is 0.182 e. The topological polar surface area (TPSA) is 85.3 Å². The number of benzene rings is 1. The molecule has 0 amide bonds. The van der Waals surface area contributed by atoms with E-state index in [2.05, 4.69) is 0 Å². The lowest BCUT2D eigenvalue weighted by Gasteiger charge is -2.18. The first-order chi connectivity index (χ1) is 9.41. The van der Waals surface area contributed by atoms with Crippen LogP contribution < -0.4 is 0 Å². The molecule has 1 aromatic carbocycles. The highest BCUT2D eigenvalue weighted by atomic mass is 35.5. The molecule has 0 saturated heterocycles. The Hall–Kier alpha value is -1.53. The van der Waals surface area contributed by atoms with Gasteiger partial charge in [0.05, 0.1) is 9.92 Å². The molecule has 0 radical (unpaired) electrons. The highest BCUT2D eigenvalue weighted by Gasteiger charge is 2.37. The molecule has 0 heterocycles. The SMILES string of the molecule is O=C1CCCC(=O)C1C(=O)c1ccc([SH](=O)=O)cc1Cl. The van der Waals surface area contributed by atoms with E-state index >= 15 is 0 Å². The first-order valence-electron chi connectivity index (χ1n) is 5.95. The molecular weight excluding hydrogens is 304 g/mol. The number of carbonyl (C=O) groups excluding carboxylic acids is 3. The average molecular weight is 315 g/mol. The highest BCUT2D eigenvalue weighted by molar-refractivity contribution is 7.72. The van der Waals surface area contributed by atoms with Gasteiger partial charge in [-0.3, -0.25) is 14.4 Å². The second-order valence-electron chi connectivity index (χ2n) is 4.50. The first kappa shape index (κ1) is 14.9. The monoisotopic (exact) mass is 314 g/mol. The molecule has 1 aliphatic rings. The van der Waals surface area contributed by atoms with E-state index in [0.29, 0.717) is 6.42 Å². The summed E-state index contributed by atoms with van der Waals surface area (Å²) < 4.78 is 21.7. The average Bonchev–Trinajstić information content (AvgIpc) is 2.38. The van der Waals surface area contributed by atoms with Crippen molar-refractivity contribution in [3.05, 3.63) is 28.8 Å². The number of hydrogen-bond donors (Lipinski definition) is 1. The Bertz CT molecular complexity index is 653. The molecule has 7 heteroatoms. The second kappa shape index (κ2) is 5.85. The lowest BCUT2D eigenvalue weighted by atomic mass is 9.82. The number of ketones is 3. The summed E-state index contributed by atoms with van der Waals surface area (Å²) in [5, 5.41) is -0.0714. The lowest BCUT2D eigenvalue weighted by Crippen LogP contribution is -2.35. The maximum atomic E-state index is 12.2. The van der Waals surface area contributed by atoms with Crippen molar-refractivity contribution in [1.82, 2.24) is 0 Å². The Morgan fingerprint density at radius 1 is 1.15 bits per heavy atom. The zero-order chi connectivity index (χ0) is 14.9. The van der Waals surface area contributed by atoms with E-state index in [1.54, 1.807) is 0 Å². The summed E-state index contributed by atoms with van der Waals surface area (Å²) in [7, 11) is -2.81. The molecule has 0 bridgehead atoms. The standard InChI is InChI=1S/C13H11ClO5S/c14-9-6-7(20(18)19)4-5-8(9)13(17)12-10(15)2-1-3-11(12)16/h4-6,12,20H,1-3H2. The molecule has 0 unspecified atom stereocenters. The number of carbonyl (C=O) groups is 3. The molecule has 5 nitrogen and oxygen atoms in total. The summed E-state index contributed by atoms with van der Waals surface area (Å²) in [5.74, 6) is -2.76. The van der Waals surface area contributed by atoms with Gasteiger partial charge < -0.3 is 0 Å². The van der Waals surface area contributed by atoms with E-state index in [-0.39, 0.29) is 28.3 Å². The van der Waals surface area contributed by atoms with E-state index in [1.165, 1.54) is 12.1 Å².